The van der Waals surface area contributed by atoms with E-state index in [0.29, 0.717) is 0 Å². The number of nitrogens with zero attached hydrogens (tertiary/aromatic N) is 1. The van der Waals surface area contributed by atoms with E-state index < -0.39 is 23.9 Å². The number of furan rings is 1. The van der Waals surface area contributed by atoms with E-state index in [1.165, 1.54) is 12.3 Å². The Balaban J connectivity index is 1.81. The van der Waals surface area contributed by atoms with Crippen LogP contribution in [0.5, 0.6) is 0 Å². The first-order valence-electron chi connectivity index (χ1n) is 7.01. The van der Waals surface area contributed by atoms with Crippen molar-refractivity contribution in [3.63, 3.8) is 0 Å². The molecule has 2 aromatic rings. The molecule has 1 aromatic heterocycles. The maximum Gasteiger partial charge on any atom is 0.417 e. The first-order chi connectivity index (χ1) is 11.1. The number of imide groups is 1. The fourth-order valence-electron chi connectivity index (χ4n) is 2.30. The van der Waals surface area contributed by atoms with Gasteiger partial charge in [-0.15, -0.1) is 0 Å². The first kappa shape index (κ1) is 14.8. The Morgan fingerprint density at radius 1 is 1.17 bits per heavy atom. The van der Waals surface area contributed by atoms with Gasteiger partial charge in [-0.25, -0.2) is 9.69 Å². The molecule has 3 rings (SSSR count). The number of cyclic esters (lactones) is 1. The van der Waals surface area contributed by atoms with Crippen LogP contribution in [0.1, 0.15) is 22.2 Å². The van der Waals surface area contributed by atoms with Gasteiger partial charge < -0.3 is 14.5 Å². The summed E-state index contributed by atoms with van der Waals surface area (Å²) in [7, 11) is 0. The van der Waals surface area contributed by atoms with E-state index in [1.54, 1.807) is 18.2 Å². The van der Waals surface area contributed by atoms with Gasteiger partial charge >= 0.3 is 6.09 Å². The van der Waals surface area contributed by atoms with Gasteiger partial charge in [0.1, 0.15) is 0 Å². The normalized spacial score (nSPS) is 15.4. The fraction of sp³-hybridized carbons (Fsp3) is 0.188. The van der Waals surface area contributed by atoms with E-state index >= 15 is 0 Å². The second kappa shape index (κ2) is 6.35. The summed E-state index contributed by atoms with van der Waals surface area (Å²) < 4.78 is 9.76. The van der Waals surface area contributed by atoms with Gasteiger partial charge in [0.25, 0.3) is 11.8 Å². The van der Waals surface area contributed by atoms with Gasteiger partial charge in [-0.1, -0.05) is 30.3 Å². The third kappa shape index (κ3) is 3.23. The molecule has 7 heteroatoms. The lowest BCUT2D eigenvalue weighted by molar-refractivity contribution is -0.126. The molecule has 7 nitrogen and oxygen atoms in total. The molecule has 0 bridgehead atoms. The maximum absolute atomic E-state index is 12.2. The highest BCUT2D eigenvalue weighted by Crippen LogP contribution is 2.18. The monoisotopic (exact) mass is 314 g/mol. The number of hydrogen-bond acceptors (Lipinski definition) is 5. The van der Waals surface area contributed by atoms with Crippen LogP contribution in [0.25, 0.3) is 0 Å². The summed E-state index contributed by atoms with van der Waals surface area (Å²) in [5.41, 5.74) is 0.764. The van der Waals surface area contributed by atoms with Crippen LogP contribution in [0.15, 0.2) is 53.1 Å². The Kier molecular flexibility index (Phi) is 4.09. The Morgan fingerprint density at radius 2 is 1.96 bits per heavy atom. The van der Waals surface area contributed by atoms with Gasteiger partial charge in [0.05, 0.1) is 18.8 Å². The number of ether oxygens (including phenoxy) is 1. The Hall–Kier alpha value is -3.09. The predicted octanol–water partition coefficient (Wildman–Crippen LogP) is 1.73. The number of hydrogen-bond donors (Lipinski definition) is 1. The summed E-state index contributed by atoms with van der Waals surface area (Å²) in [5, 5.41) is 2.77. The zero-order chi connectivity index (χ0) is 16.2. The molecule has 2 heterocycles. The molecule has 1 saturated heterocycles. The van der Waals surface area contributed by atoms with Crippen LogP contribution in [0.4, 0.5) is 4.79 Å². The molecule has 0 radical (unpaired) electrons. The molecule has 1 fully saturated rings. The zero-order valence-corrected chi connectivity index (χ0v) is 12.1. The molecule has 1 aromatic carbocycles. The number of carbonyl (C=O) groups is 3. The van der Waals surface area contributed by atoms with E-state index in [4.69, 9.17) is 9.15 Å². The third-order valence-electron chi connectivity index (χ3n) is 3.46. The number of carbonyl (C=O) groups excluding carboxylic acids is 3. The molecule has 0 aliphatic carbocycles. The Morgan fingerprint density at radius 3 is 2.57 bits per heavy atom. The van der Waals surface area contributed by atoms with Crippen LogP contribution in [0, 0.1) is 0 Å². The van der Waals surface area contributed by atoms with Crippen molar-refractivity contribution in [1.82, 2.24) is 10.2 Å². The maximum atomic E-state index is 12.2. The number of rotatable bonds is 5. The number of nitrogens with one attached hydrogen (secondary N) is 1. The third-order valence-corrected chi connectivity index (χ3v) is 3.46. The second-order valence-corrected chi connectivity index (χ2v) is 4.97. The van der Waals surface area contributed by atoms with Crippen molar-refractivity contribution in [3.8, 4) is 0 Å². The van der Waals surface area contributed by atoms with Gasteiger partial charge in [-0.05, 0) is 17.7 Å². The van der Waals surface area contributed by atoms with Crippen LogP contribution >= 0.6 is 0 Å². The molecule has 1 aliphatic rings. The van der Waals surface area contributed by atoms with Crippen molar-refractivity contribution < 1.29 is 23.5 Å². The molecular formula is C16H14N2O5. The summed E-state index contributed by atoms with van der Waals surface area (Å²) in [6.45, 7) is -0.277. The van der Waals surface area contributed by atoms with Crippen LogP contribution in [-0.2, 0) is 9.53 Å². The van der Waals surface area contributed by atoms with Crippen molar-refractivity contribution in [2.24, 2.45) is 0 Å². The van der Waals surface area contributed by atoms with E-state index in [1.807, 2.05) is 18.2 Å². The zero-order valence-electron chi connectivity index (χ0n) is 12.1. The molecule has 3 amide bonds. The number of amides is 3. The lowest BCUT2D eigenvalue weighted by atomic mass is 10.1. The van der Waals surface area contributed by atoms with Crippen LogP contribution in [0.3, 0.4) is 0 Å². The lowest BCUT2D eigenvalue weighted by Crippen LogP contribution is -2.40. The predicted molar refractivity (Wildman–Crippen MR) is 78.4 cm³/mol. The summed E-state index contributed by atoms with van der Waals surface area (Å²) in [5.74, 6) is -0.701. The summed E-state index contributed by atoms with van der Waals surface area (Å²) in [6, 6.07) is 11.6. The average Bonchev–Trinajstić information content (AvgIpc) is 3.20. The van der Waals surface area contributed by atoms with Crippen LogP contribution < -0.4 is 5.32 Å². The molecule has 1 aliphatic heterocycles. The lowest BCUT2D eigenvalue weighted by Gasteiger charge is -2.22. The molecule has 23 heavy (non-hydrogen) atoms. The first-order valence-corrected chi connectivity index (χ1v) is 7.01. The molecule has 1 N–H and O–H groups in total. The molecular weight excluding hydrogens is 300 g/mol. The largest absolute Gasteiger partial charge is 0.459 e. The topological polar surface area (TPSA) is 88.9 Å². The summed E-state index contributed by atoms with van der Waals surface area (Å²) in [6.07, 6.45) is 0.691. The van der Waals surface area contributed by atoms with Crippen molar-refractivity contribution >= 4 is 17.9 Å². The van der Waals surface area contributed by atoms with Gasteiger partial charge in [-0.3, -0.25) is 9.59 Å². The van der Waals surface area contributed by atoms with Crippen molar-refractivity contribution in [2.45, 2.75) is 6.04 Å². The van der Waals surface area contributed by atoms with E-state index in [9.17, 15) is 14.4 Å². The Bertz CT molecular complexity index is 695. The van der Waals surface area contributed by atoms with Crippen molar-refractivity contribution in [3.05, 3.63) is 60.1 Å². The minimum absolute atomic E-state index is 0.00582. The van der Waals surface area contributed by atoms with Gasteiger partial charge in [0.15, 0.2) is 12.4 Å². The molecule has 118 valence electrons. The van der Waals surface area contributed by atoms with Gasteiger partial charge in [0.2, 0.25) is 0 Å². The Labute approximate surface area is 131 Å². The van der Waals surface area contributed by atoms with Crippen molar-refractivity contribution in [2.75, 3.05) is 13.2 Å². The molecule has 0 spiro atoms. The SMILES string of the molecule is O=C(N[C@H](CN1C(=O)COC1=O)c1ccccc1)c1ccco1. The molecule has 0 saturated carbocycles. The van der Waals surface area contributed by atoms with E-state index in [0.717, 1.165) is 10.5 Å². The summed E-state index contributed by atoms with van der Waals surface area (Å²) in [4.78, 5) is 36.5. The standard InChI is InChI=1S/C16H14N2O5/c19-14-10-23-16(21)18(14)9-12(11-5-2-1-3-6-11)17-15(20)13-7-4-8-22-13/h1-8,12H,9-10H2,(H,17,20)/t12-/m1/s1. The second-order valence-electron chi connectivity index (χ2n) is 4.97. The minimum atomic E-state index is -0.705. The minimum Gasteiger partial charge on any atom is -0.459 e. The smallest absolute Gasteiger partial charge is 0.417 e. The highest BCUT2D eigenvalue weighted by Gasteiger charge is 2.34. The average molecular weight is 314 g/mol. The van der Waals surface area contributed by atoms with Gasteiger partial charge in [0, 0.05) is 0 Å². The van der Waals surface area contributed by atoms with Crippen LogP contribution in [0.2, 0.25) is 0 Å². The summed E-state index contributed by atoms with van der Waals surface area (Å²) >= 11 is 0. The number of benzene rings is 1. The quantitative estimate of drug-likeness (QED) is 0.908. The fourth-order valence-corrected chi connectivity index (χ4v) is 2.30. The highest BCUT2D eigenvalue weighted by atomic mass is 16.6. The molecule has 0 unspecified atom stereocenters. The molecule has 1 atom stereocenters. The van der Waals surface area contributed by atoms with E-state index in [2.05, 4.69) is 5.32 Å². The van der Waals surface area contributed by atoms with Crippen molar-refractivity contribution in [1.29, 1.82) is 0 Å². The van der Waals surface area contributed by atoms with E-state index in [-0.39, 0.29) is 18.9 Å². The van der Waals surface area contributed by atoms with Gasteiger partial charge in [-0.2, -0.15) is 0 Å². The highest BCUT2D eigenvalue weighted by molar-refractivity contribution is 5.98. The van der Waals surface area contributed by atoms with Crippen LogP contribution in [-0.4, -0.2) is 36.0 Å².